The van der Waals surface area contributed by atoms with E-state index in [9.17, 15) is 18.8 Å². The van der Waals surface area contributed by atoms with Gasteiger partial charge in [-0.3, -0.25) is 14.4 Å². The first-order valence-corrected chi connectivity index (χ1v) is 9.24. The predicted octanol–water partition coefficient (Wildman–Crippen LogP) is 3.25. The van der Waals surface area contributed by atoms with Gasteiger partial charge < -0.3 is 20.0 Å². The lowest BCUT2D eigenvalue weighted by Crippen LogP contribution is -2.53. The molecule has 0 aliphatic carbocycles. The average Bonchev–Trinajstić information content (AvgIpc) is 3.13. The summed E-state index contributed by atoms with van der Waals surface area (Å²) in [6.07, 6.45) is 1.40. The maximum atomic E-state index is 13.1. The van der Waals surface area contributed by atoms with E-state index in [2.05, 4.69) is 10.6 Å². The zero-order valence-corrected chi connectivity index (χ0v) is 17.2. The summed E-state index contributed by atoms with van der Waals surface area (Å²) in [4.78, 5) is 39.7. The zero-order valence-electron chi connectivity index (χ0n) is 17.2. The number of rotatable bonds is 5. The van der Waals surface area contributed by atoms with Crippen molar-refractivity contribution in [3.8, 4) is 0 Å². The maximum absolute atomic E-state index is 13.1. The Kier molecular flexibility index (Phi) is 6.79. The van der Waals surface area contributed by atoms with Gasteiger partial charge in [-0.25, -0.2) is 4.39 Å². The number of halogens is 1. The standard InChI is InChI=1S/C21H26FN3O4/c1-13(2)25(20(28)19(27)23-15-10-8-14(22)9-11-15)17(16-7-6-12-29-16)18(26)24-21(3,4)5/h6-13,17H,1-5H3,(H,23,27)(H,24,26)/t17-/m1/s1. The molecule has 2 rings (SSSR count). The molecule has 0 radical (unpaired) electrons. The summed E-state index contributed by atoms with van der Waals surface area (Å²) in [5.41, 5.74) is -0.286. The SMILES string of the molecule is CC(C)N(C(=O)C(=O)Nc1ccc(F)cc1)[C@@H](C(=O)NC(C)(C)C)c1ccco1. The Morgan fingerprint density at radius 3 is 2.17 bits per heavy atom. The smallest absolute Gasteiger partial charge is 0.313 e. The highest BCUT2D eigenvalue weighted by Crippen LogP contribution is 2.25. The number of hydrogen-bond acceptors (Lipinski definition) is 4. The highest BCUT2D eigenvalue weighted by Gasteiger charge is 2.39. The molecule has 1 heterocycles. The van der Waals surface area contributed by atoms with E-state index < -0.39 is 41.2 Å². The van der Waals surface area contributed by atoms with E-state index in [0.29, 0.717) is 0 Å². The molecule has 0 unspecified atom stereocenters. The van der Waals surface area contributed by atoms with Crippen LogP contribution in [-0.4, -0.2) is 34.2 Å². The highest BCUT2D eigenvalue weighted by molar-refractivity contribution is 6.40. The molecule has 3 amide bonds. The van der Waals surface area contributed by atoms with E-state index in [0.717, 1.165) is 0 Å². The Morgan fingerprint density at radius 2 is 1.69 bits per heavy atom. The van der Waals surface area contributed by atoms with Gasteiger partial charge in [-0.05, 0) is 71.0 Å². The van der Waals surface area contributed by atoms with Crippen molar-refractivity contribution in [2.75, 3.05) is 5.32 Å². The summed E-state index contributed by atoms with van der Waals surface area (Å²) >= 11 is 0. The van der Waals surface area contributed by atoms with E-state index in [4.69, 9.17) is 4.42 Å². The van der Waals surface area contributed by atoms with Gasteiger partial charge in [0.05, 0.1) is 6.26 Å². The lowest BCUT2D eigenvalue weighted by atomic mass is 10.1. The molecule has 156 valence electrons. The summed E-state index contributed by atoms with van der Waals surface area (Å²) in [7, 11) is 0. The average molecular weight is 403 g/mol. The third kappa shape index (κ3) is 5.91. The number of nitrogens with zero attached hydrogens (tertiary/aromatic N) is 1. The van der Waals surface area contributed by atoms with Crippen molar-refractivity contribution >= 4 is 23.4 Å². The van der Waals surface area contributed by atoms with Gasteiger partial charge in [0.1, 0.15) is 11.6 Å². The van der Waals surface area contributed by atoms with Gasteiger partial charge in [0.15, 0.2) is 6.04 Å². The van der Waals surface area contributed by atoms with Crippen molar-refractivity contribution < 1.29 is 23.2 Å². The molecule has 2 N–H and O–H groups in total. The maximum Gasteiger partial charge on any atom is 0.313 e. The minimum Gasteiger partial charge on any atom is -0.467 e. The van der Waals surface area contributed by atoms with Crippen LogP contribution in [0.3, 0.4) is 0 Å². The number of carbonyl (C=O) groups is 3. The first-order valence-electron chi connectivity index (χ1n) is 9.24. The molecule has 1 aromatic heterocycles. The molecule has 0 bridgehead atoms. The molecule has 0 fully saturated rings. The van der Waals surface area contributed by atoms with E-state index in [1.807, 2.05) is 20.8 Å². The van der Waals surface area contributed by atoms with E-state index >= 15 is 0 Å². The molecule has 29 heavy (non-hydrogen) atoms. The Bertz CT molecular complexity index is 855. The molecule has 0 spiro atoms. The van der Waals surface area contributed by atoms with Crippen molar-refractivity contribution in [3.63, 3.8) is 0 Å². The summed E-state index contributed by atoms with van der Waals surface area (Å²) in [5, 5.41) is 5.26. The molecule has 0 aliphatic rings. The number of nitrogens with one attached hydrogen (secondary N) is 2. The fraction of sp³-hybridized carbons (Fsp3) is 0.381. The summed E-state index contributed by atoms with van der Waals surface area (Å²) in [6, 6.07) is 6.60. The van der Waals surface area contributed by atoms with Gasteiger partial charge >= 0.3 is 11.8 Å². The zero-order chi connectivity index (χ0) is 21.8. The quantitative estimate of drug-likeness (QED) is 0.750. The third-order valence-electron chi connectivity index (χ3n) is 3.92. The Balaban J connectivity index is 2.33. The number of benzene rings is 1. The van der Waals surface area contributed by atoms with Crippen LogP contribution >= 0.6 is 0 Å². The number of anilines is 1. The van der Waals surface area contributed by atoms with E-state index in [1.54, 1.807) is 26.0 Å². The molecule has 1 aromatic carbocycles. The molecule has 0 aliphatic heterocycles. The number of hydrogen-bond donors (Lipinski definition) is 2. The first-order chi connectivity index (χ1) is 13.5. The monoisotopic (exact) mass is 403 g/mol. The van der Waals surface area contributed by atoms with Crippen LogP contribution in [0.1, 0.15) is 46.4 Å². The van der Waals surface area contributed by atoms with Gasteiger partial charge in [-0.1, -0.05) is 0 Å². The van der Waals surface area contributed by atoms with Crippen LogP contribution in [-0.2, 0) is 14.4 Å². The summed E-state index contributed by atoms with van der Waals surface area (Å²) in [5.74, 6) is -2.54. The van der Waals surface area contributed by atoms with Crippen LogP contribution < -0.4 is 10.6 Å². The topological polar surface area (TPSA) is 91.7 Å². The second-order valence-corrected chi connectivity index (χ2v) is 7.92. The number of furan rings is 1. The molecule has 0 saturated carbocycles. The third-order valence-corrected chi connectivity index (χ3v) is 3.92. The Labute approximate surface area is 169 Å². The van der Waals surface area contributed by atoms with Crippen LogP contribution in [0.25, 0.3) is 0 Å². The van der Waals surface area contributed by atoms with Crippen molar-refractivity contribution in [1.29, 1.82) is 0 Å². The van der Waals surface area contributed by atoms with Crippen LogP contribution in [0.2, 0.25) is 0 Å². The normalized spacial score (nSPS) is 12.4. The Morgan fingerprint density at radius 1 is 1.07 bits per heavy atom. The van der Waals surface area contributed by atoms with Crippen LogP contribution in [0, 0.1) is 5.82 Å². The minimum absolute atomic E-state index is 0.239. The van der Waals surface area contributed by atoms with Gasteiger partial charge in [0.25, 0.3) is 5.91 Å². The summed E-state index contributed by atoms with van der Waals surface area (Å²) < 4.78 is 18.5. The highest BCUT2D eigenvalue weighted by atomic mass is 19.1. The Hall–Kier alpha value is -3.16. The lowest BCUT2D eigenvalue weighted by Gasteiger charge is -2.34. The minimum atomic E-state index is -1.13. The van der Waals surface area contributed by atoms with Gasteiger partial charge in [-0.2, -0.15) is 0 Å². The molecule has 8 heteroatoms. The van der Waals surface area contributed by atoms with E-state index in [-0.39, 0.29) is 11.4 Å². The number of amides is 3. The second kappa shape index (κ2) is 8.89. The fourth-order valence-electron chi connectivity index (χ4n) is 2.76. The molecule has 2 aromatic rings. The van der Waals surface area contributed by atoms with Crippen LogP contribution in [0.15, 0.2) is 47.1 Å². The molecule has 0 saturated heterocycles. The van der Waals surface area contributed by atoms with E-state index in [1.165, 1.54) is 35.4 Å². The first kappa shape index (κ1) is 22.1. The van der Waals surface area contributed by atoms with Gasteiger partial charge in [0.2, 0.25) is 0 Å². The molecular formula is C21H26FN3O4. The number of carbonyl (C=O) groups excluding carboxylic acids is 3. The second-order valence-electron chi connectivity index (χ2n) is 7.92. The molecule has 7 nitrogen and oxygen atoms in total. The van der Waals surface area contributed by atoms with Crippen LogP contribution in [0.5, 0.6) is 0 Å². The molecular weight excluding hydrogens is 377 g/mol. The summed E-state index contributed by atoms with van der Waals surface area (Å²) in [6.45, 7) is 8.83. The fourth-order valence-corrected chi connectivity index (χ4v) is 2.76. The predicted molar refractivity (Wildman–Crippen MR) is 106 cm³/mol. The van der Waals surface area contributed by atoms with Gasteiger partial charge in [-0.15, -0.1) is 0 Å². The van der Waals surface area contributed by atoms with Crippen molar-refractivity contribution in [2.45, 2.75) is 52.2 Å². The van der Waals surface area contributed by atoms with Crippen molar-refractivity contribution in [1.82, 2.24) is 10.2 Å². The van der Waals surface area contributed by atoms with Gasteiger partial charge in [0, 0.05) is 17.3 Å². The van der Waals surface area contributed by atoms with Crippen LogP contribution in [0.4, 0.5) is 10.1 Å². The van der Waals surface area contributed by atoms with Crippen molar-refractivity contribution in [3.05, 3.63) is 54.2 Å². The lowest BCUT2D eigenvalue weighted by molar-refractivity contribution is -0.150. The van der Waals surface area contributed by atoms with Crippen molar-refractivity contribution in [2.24, 2.45) is 0 Å². The largest absolute Gasteiger partial charge is 0.467 e. The molecule has 1 atom stereocenters.